The van der Waals surface area contributed by atoms with Gasteiger partial charge in [-0.3, -0.25) is 10.1 Å². The van der Waals surface area contributed by atoms with E-state index < -0.39 is 14.9 Å². The van der Waals surface area contributed by atoms with Crippen molar-refractivity contribution in [2.24, 2.45) is 0 Å². The number of sulfonamides is 1. The van der Waals surface area contributed by atoms with E-state index in [0.29, 0.717) is 31.9 Å². The van der Waals surface area contributed by atoms with Crippen molar-refractivity contribution in [2.45, 2.75) is 0 Å². The van der Waals surface area contributed by atoms with E-state index in [2.05, 4.69) is 5.32 Å². The second-order valence-corrected chi connectivity index (χ2v) is 8.08. The molecule has 1 heterocycles. The minimum Gasteiger partial charge on any atom is -0.369 e. The summed E-state index contributed by atoms with van der Waals surface area (Å²) < 4.78 is 24.7. The van der Waals surface area contributed by atoms with Crippen LogP contribution in [-0.4, -0.2) is 50.1 Å². The van der Waals surface area contributed by atoms with E-state index >= 15 is 0 Å². The van der Waals surface area contributed by atoms with Gasteiger partial charge in [0.15, 0.2) is 0 Å². The number of para-hydroxylation sites is 1. The van der Waals surface area contributed by atoms with Gasteiger partial charge in [0.2, 0.25) is 10.0 Å². The second kappa shape index (κ2) is 7.30. The maximum atomic E-state index is 11.6. The molecule has 0 aromatic heterocycles. The van der Waals surface area contributed by atoms with Crippen LogP contribution in [0.25, 0.3) is 0 Å². The Kier molecular flexibility index (Phi) is 5.10. The van der Waals surface area contributed by atoms with Gasteiger partial charge >= 0.3 is 0 Å². The largest absolute Gasteiger partial charge is 0.369 e. The molecule has 9 heteroatoms. The zero-order chi connectivity index (χ0) is 18.7. The fourth-order valence-electron chi connectivity index (χ4n) is 2.93. The molecular formula is C17H20N4O4S. The van der Waals surface area contributed by atoms with Crippen LogP contribution in [0.3, 0.4) is 0 Å². The lowest BCUT2D eigenvalue weighted by atomic mass is 10.2. The number of hydrogen-bond donors (Lipinski definition) is 1. The molecule has 0 amide bonds. The van der Waals surface area contributed by atoms with Crippen molar-refractivity contribution < 1.29 is 13.3 Å². The van der Waals surface area contributed by atoms with Crippen LogP contribution in [0, 0.1) is 10.1 Å². The molecule has 1 aliphatic heterocycles. The summed E-state index contributed by atoms with van der Waals surface area (Å²) in [4.78, 5) is 12.9. The number of hydrogen-bond acceptors (Lipinski definition) is 6. The Balaban J connectivity index is 1.83. The summed E-state index contributed by atoms with van der Waals surface area (Å²) in [5, 5.41) is 14.4. The van der Waals surface area contributed by atoms with Gasteiger partial charge in [-0.25, -0.2) is 8.42 Å². The van der Waals surface area contributed by atoms with Gasteiger partial charge in [-0.1, -0.05) is 18.2 Å². The normalized spacial score (nSPS) is 15.7. The zero-order valence-electron chi connectivity index (χ0n) is 14.3. The molecule has 1 saturated heterocycles. The fraction of sp³-hybridized carbons (Fsp3) is 0.294. The highest BCUT2D eigenvalue weighted by Crippen LogP contribution is 2.32. The first kappa shape index (κ1) is 18.2. The molecule has 1 aliphatic rings. The van der Waals surface area contributed by atoms with E-state index in [1.807, 2.05) is 35.2 Å². The Morgan fingerprint density at radius 2 is 1.69 bits per heavy atom. The molecule has 0 bridgehead atoms. The molecule has 26 heavy (non-hydrogen) atoms. The maximum absolute atomic E-state index is 11.6. The number of piperazine rings is 1. The Bertz CT molecular complexity index is 894. The lowest BCUT2D eigenvalue weighted by Gasteiger charge is -2.34. The van der Waals surface area contributed by atoms with Crippen molar-refractivity contribution in [1.82, 2.24) is 4.31 Å². The van der Waals surface area contributed by atoms with Gasteiger partial charge < -0.3 is 10.2 Å². The summed E-state index contributed by atoms with van der Waals surface area (Å²) in [6, 6.07) is 14.2. The summed E-state index contributed by atoms with van der Waals surface area (Å²) in [6.07, 6.45) is 1.20. The molecule has 0 atom stereocenters. The third-order valence-electron chi connectivity index (χ3n) is 4.30. The van der Waals surface area contributed by atoms with Crippen molar-refractivity contribution >= 4 is 32.8 Å². The van der Waals surface area contributed by atoms with Crippen LogP contribution in [-0.2, 0) is 10.0 Å². The standard InChI is InChI=1S/C17H20N4O4S/c1-26(24,25)20-11-9-19(10-12-20)15-7-8-17(21(22)23)16(13-15)18-14-5-3-2-4-6-14/h2-8,13,18H,9-12H2,1H3. The quantitative estimate of drug-likeness (QED) is 0.636. The van der Waals surface area contributed by atoms with Gasteiger partial charge in [0.05, 0.1) is 11.2 Å². The lowest BCUT2D eigenvalue weighted by Crippen LogP contribution is -2.48. The Labute approximate surface area is 152 Å². The van der Waals surface area contributed by atoms with Crippen molar-refractivity contribution in [3.8, 4) is 0 Å². The van der Waals surface area contributed by atoms with Gasteiger partial charge in [0, 0.05) is 43.6 Å². The molecule has 0 saturated carbocycles. The van der Waals surface area contributed by atoms with Crippen molar-refractivity contribution in [3.05, 3.63) is 58.6 Å². The third kappa shape index (κ3) is 4.12. The van der Waals surface area contributed by atoms with E-state index in [0.717, 1.165) is 11.4 Å². The predicted octanol–water partition coefficient (Wildman–Crippen LogP) is 2.42. The number of anilines is 3. The lowest BCUT2D eigenvalue weighted by molar-refractivity contribution is -0.383. The van der Waals surface area contributed by atoms with Crippen molar-refractivity contribution in [1.29, 1.82) is 0 Å². The van der Waals surface area contributed by atoms with Crippen LogP contribution in [0.1, 0.15) is 0 Å². The van der Waals surface area contributed by atoms with Gasteiger partial charge in [-0.05, 0) is 24.3 Å². The summed E-state index contributed by atoms with van der Waals surface area (Å²) in [5.74, 6) is 0. The van der Waals surface area contributed by atoms with Crippen LogP contribution in [0.5, 0.6) is 0 Å². The van der Waals surface area contributed by atoms with E-state index in [1.54, 1.807) is 12.1 Å². The predicted molar refractivity (Wildman–Crippen MR) is 101 cm³/mol. The molecule has 1 N–H and O–H groups in total. The molecule has 0 unspecified atom stereocenters. The highest BCUT2D eigenvalue weighted by atomic mass is 32.2. The van der Waals surface area contributed by atoms with Crippen LogP contribution in [0.2, 0.25) is 0 Å². The van der Waals surface area contributed by atoms with Crippen LogP contribution < -0.4 is 10.2 Å². The van der Waals surface area contributed by atoms with E-state index in [-0.39, 0.29) is 5.69 Å². The second-order valence-electron chi connectivity index (χ2n) is 6.10. The number of benzene rings is 2. The monoisotopic (exact) mass is 376 g/mol. The smallest absolute Gasteiger partial charge is 0.292 e. The Morgan fingerprint density at radius 3 is 2.27 bits per heavy atom. The van der Waals surface area contributed by atoms with Crippen molar-refractivity contribution in [2.75, 3.05) is 42.7 Å². The summed E-state index contributed by atoms with van der Waals surface area (Å²) in [5.41, 5.74) is 1.98. The van der Waals surface area contributed by atoms with Crippen LogP contribution >= 0.6 is 0 Å². The minimum absolute atomic E-state index is 0.00706. The third-order valence-corrected chi connectivity index (χ3v) is 5.61. The average Bonchev–Trinajstić information content (AvgIpc) is 2.62. The number of nitro benzene ring substituents is 1. The fourth-order valence-corrected chi connectivity index (χ4v) is 3.76. The summed E-state index contributed by atoms with van der Waals surface area (Å²) >= 11 is 0. The molecule has 2 aromatic rings. The molecular weight excluding hydrogens is 356 g/mol. The van der Waals surface area contributed by atoms with Crippen molar-refractivity contribution in [3.63, 3.8) is 0 Å². The van der Waals surface area contributed by atoms with Gasteiger partial charge in [0.1, 0.15) is 5.69 Å². The Hall–Kier alpha value is -2.65. The number of nitro groups is 1. The molecule has 1 fully saturated rings. The topological polar surface area (TPSA) is 95.8 Å². The molecule has 3 rings (SSSR count). The van der Waals surface area contributed by atoms with Gasteiger partial charge in [-0.2, -0.15) is 4.31 Å². The zero-order valence-corrected chi connectivity index (χ0v) is 15.1. The molecule has 138 valence electrons. The molecule has 0 spiro atoms. The summed E-state index contributed by atoms with van der Waals surface area (Å²) in [6.45, 7) is 1.87. The SMILES string of the molecule is CS(=O)(=O)N1CCN(c2ccc([N+](=O)[O-])c(Nc3ccccc3)c2)CC1. The first-order valence-electron chi connectivity index (χ1n) is 8.15. The Morgan fingerprint density at radius 1 is 1.04 bits per heavy atom. The van der Waals surface area contributed by atoms with E-state index in [9.17, 15) is 18.5 Å². The molecule has 8 nitrogen and oxygen atoms in total. The highest BCUT2D eigenvalue weighted by molar-refractivity contribution is 7.88. The maximum Gasteiger partial charge on any atom is 0.292 e. The molecule has 2 aromatic carbocycles. The van der Waals surface area contributed by atoms with Gasteiger partial charge in [0.25, 0.3) is 5.69 Å². The highest BCUT2D eigenvalue weighted by Gasteiger charge is 2.24. The summed E-state index contributed by atoms with van der Waals surface area (Å²) in [7, 11) is -3.19. The van der Waals surface area contributed by atoms with E-state index in [4.69, 9.17) is 0 Å². The van der Waals surface area contributed by atoms with Crippen LogP contribution in [0.15, 0.2) is 48.5 Å². The first-order chi connectivity index (χ1) is 12.3. The van der Waals surface area contributed by atoms with Crippen LogP contribution in [0.4, 0.5) is 22.7 Å². The van der Waals surface area contributed by atoms with Gasteiger partial charge in [-0.15, -0.1) is 0 Å². The molecule has 0 radical (unpaired) electrons. The number of nitrogens with zero attached hydrogens (tertiary/aromatic N) is 3. The first-order valence-corrected chi connectivity index (χ1v) is 10.00. The average molecular weight is 376 g/mol. The number of rotatable bonds is 5. The van der Waals surface area contributed by atoms with E-state index in [1.165, 1.54) is 16.6 Å². The molecule has 0 aliphatic carbocycles. The number of nitrogens with one attached hydrogen (secondary N) is 1. The minimum atomic E-state index is -3.19.